The molecule has 0 spiro atoms. The lowest BCUT2D eigenvalue weighted by Gasteiger charge is -2.30. The van der Waals surface area contributed by atoms with Crippen molar-refractivity contribution >= 4 is 16.2 Å². The van der Waals surface area contributed by atoms with Crippen LogP contribution in [0.1, 0.15) is 19.8 Å². The lowest BCUT2D eigenvalue weighted by Crippen LogP contribution is -2.49. The van der Waals surface area contributed by atoms with Gasteiger partial charge >= 0.3 is 5.97 Å². The molecule has 1 aliphatic rings. The number of aliphatic hydroxyl groups excluding tert-OH is 1. The number of esters is 1. The van der Waals surface area contributed by atoms with E-state index in [2.05, 4.69) is 0 Å². The van der Waals surface area contributed by atoms with E-state index in [1.165, 1.54) is 0 Å². The number of piperidine rings is 1. The standard InChI is InChI=1S/C11H20F2N2O5S/c1-2-20-11(17)8-4-3-5-15(7-8)21(18,19)14-6-9(16)10(12)13/h8-10,14,16H,2-7H2,1H3. The van der Waals surface area contributed by atoms with Crippen LogP contribution in [0.15, 0.2) is 0 Å². The number of nitrogens with zero attached hydrogens (tertiary/aromatic N) is 1. The number of rotatable bonds is 7. The summed E-state index contributed by atoms with van der Waals surface area (Å²) in [6, 6.07) is 0. The molecule has 1 saturated heterocycles. The van der Waals surface area contributed by atoms with Crippen LogP contribution in [0.3, 0.4) is 0 Å². The van der Waals surface area contributed by atoms with Gasteiger partial charge in [0.2, 0.25) is 0 Å². The first-order chi connectivity index (χ1) is 9.77. The molecule has 0 saturated carbocycles. The number of hydrogen-bond donors (Lipinski definition) is 2. The maximum Gasteiger partial charge on any atom is 0.310 e. The molecule has 21 heavy (non-hydrogen) atoms. The quantitative estimate of drug-likeness (QED) is 0.626. The molecule has 0 aromatic heterocycles. The molecule has 0 radical (unpaired) electrons. The predicted octanol–water partition coefficient (Wildman–Crippen LogP) is -0.278. The van der Waals surface area contributed by atoms with E-state index >= 15 is 0 Å². The van der Waals surface area contributed by atoms with Gasteiger partial charge in [0.1, 0.15) is 6.10 Å². The smallest absolute Gasteiger partial charge is 0.310 e. The van der Waals surface area contributed by atoms with Crippen LogP contribution in [-0.2, 0) is 19.7 Å². The molecule has 2 N–H and O–H groups in total. The Balaban J connectivity index is 2.60. The van der Waals surface area contributed by atoms with Gasteiger partial charge in [0.05, 0.1) is 12.5 Å². The van der Waals surface area contributed by atoms with Crippen LogP contribution in [0.2, 0.25) is 0 Å². The Morgan fingerprint density at radius 2 is 2.19 bits per heavy atom. The number of halogens is 2. The second-order valence-corrected chi connectivity index (χ2v) is 6.46. The highest BCUT2D eigenvalue weighted by atomic mass is 32.2. The molecule has 10 heteroatoms. The molecular formula is C11H20F2N2O5S. The fourth-order valence-corrected chi connectivity index (χ4v) is 3.29. The van der Waals surface area contributed by atoms with Gasteiger partial charge in [0.15, 0.2) is 0 Å². The van der Waals surface area contributed by atoms with E-state index in [1.54, 1.807) is 6.92 Å². The molecule has 0 aromatic rings. The minimum Gasteiger partial charge on any atom is -0.466 e. The van der Waals surface area contributed by atoms with Crippen LogP contribution in [-0.4, -0.2) is 62.6 Å². The summed E-state index contributed by atoms with van der Waals surface area (Å²) in [6.07, 6.45) is -4.10. The molecule has 1 fully saturated rings. The Bertz CT molecular complexity index is 446. The van der Waals surface area contributed by atoms with Crippen molar-refractivity contribution in [2.75, 3.05) is 26.2 Å². The predicted molar refractivity (Wildman–Crippen MR) is 69.9 cm³/mol. The minimum absolute atomic E-state index is 0.0566. The summed E-state index contributed by atoms with van der Waals surface area (Å²) >= 11 is 0. The van der Waals surface area contributed by atoms with Gasteiger partial charge in [-0.25, -0.2) is 8.78 Å². The highest BCUT2D eigenvalue weighted by molar-refractivity contribution is 7.87. The Morgan fingerprint density at radius 1 is 1.52 bits per heavy atom. The topological polar surface area (TPSA) is 95.9 Å². The highest BCUT2D eigenvalue weighted by Gasteiger charge is 2.33. The van der Waals surface area contributed by atoms with E-state index in [-0.39, 0.29) is 19.7 Å². The molecule has 1 rings (SSSR count). The first-order valence-corrected chi connectivity index (χ1v) is 8.09. The lowest BCUT2D eigenvalue weighted by molar-refractivity contribution is -0.149. The van der Waals surface area contributed by atoms with Crippen molar-refractivity contribution in [2.24, 2.45) is 5.92 Å². The average Bonchev–Trinajstić information content (AvgIpc) is 2.45. The summed E-state index contributed by atoms with van der Waals surface area (Å²) in [4.78, 5) is 11.6. The van der Waals surface area contributed by atoms with Gasteiger partial charge in [-0.3, -0.25) is 4.79 Å². The zero-order valence-electron chi connectivity index (χ0n) is 11.7. The number of aliphatic hydroxyl groups is 1. The fourth-order valence-electron chi connectivity index (χ4n) is 1.98. The van der Waals surface area contributed by atoms with Crippen LogP contribution < -0.4 is 4.72 Å². The number of carbonyl (C=O) groups excluding carboxylic acids is 1. The number of carbonyl (C=O) groups is 1. The van der Waals surface area contributed by atoms with Crippen molar-refractivity contribution < 1.29 is 31.8 Å². The van der Waals surface area contributed by atoms with Crippen molar-refractivity contribution in [1.82, 2.24) is 9.03 Å². The van der Waals surface area contributed by atoms with Crippen molar-refractivity contribution in [3.63, 3.8) is 0 Å². The zero-order valence-corrected chi connectivity index (χ0v) is 12.5. The summed E-state index contributed by atoms with van der Waals surface area (Å²) in [6.45, 7) is 1.22. The number of hydrogen-bond acceptors (Lipinski definition) is 5. The molecule has 2 unspecified atom stereocenters. The molecule has 7 nitrogen and oxygen atoms in total. The fraction of sp³-hybridized carbons (Fsp3) is 0.909. The third-order valence-electron chi connectivity index (χ3n) is 3.11. The molecule has 124 valence electrons. The molecule has 0 bridgehead atoms. The van der Waals surface area contributed by atoms with E-state index in [0.717, 1.165) is 4.31 Å². The van der Waals surface area contributed by atoms with Crippen LogP contribution in [0.5, 0.6) is 0 Å². The Hall–Kier alpha value is -0.840. The lowest BCUT2D eigenvalue weighted by atomic mass is 10.0. The molecule has 0 amide bonds. The third-order valence-corrected chi connectivity index (χ3v) is 4.65. The Labute approximate surface area is 122 Å². The summed E-state index contributed by atoms with van der Waals surface area (Å²) in [5.74, 6) is -1.03. The first kappa shape index (κ1) is 18.2. The summed E-state index contributed by atoms with van der Waals surface area (Å²) in [5.41, 5.74) is 0. The van der Waals surface area contributed by atoms with E-state index in [4.69, 9.17) is 9.84 Å². The maximum absolute atomic E-state index is 12.1. The highest BCUT2D eigenvalue weighted by Crippen LogP contribution is 2.20. The van der Waals surface area contributed by atoms with Gasteiger partial charge in [0, 0.05) is 19.6 Å². The largest absolute Gasteiger partial charge is 0.466 e. The van der Waals surface area contributed by atoms with Gasteiger partial charge in [-0.15, -0.1) is 0 Å². The van der Waals surface area contributed by atoms with Crippen LogP contribution >= 0.6 is 0 Å². The molecule has 2 atom stereocenters. The second-order valence-electron chi connectivity index (χ2n) is 4.70. The summed E-state index contributed by atoms with van der Waals surface area (Å²) in [5, 5.41) is 8.93. The SMILES string of the molecule is CCOC(=O)C1CCCN(S(=O)(=O)NCC(O)C(F)F)C1. The van der Waals surface area contributed by atoms with Gasteiger partial charge in [0.25, 0.3) is 16.6 Å². The van der Waals surface area contributed by atoms with Crippen LogP contribution in [0, 0.1) is 5.92 Å². The van der Waals surface area contributed by atoms with Gasteiger partial charge < -0.3 is 9.84 Å². The minimum atomic E-state index is -4.01. The van der Waals surface area contributed by atoms with E-state index in [1.807, 2.05) is 4.72 Å². The zero-order chi connectivity index (χ0) is 16.0. The van der Waals surface area contributed by atoms with Crippen LogP contribution in [0.25, 0.3) is 0 Å². The number of alkyl halides is 2. The monoisotopic (exact) mass is 330 g/mol. The molecule has 0 aromatic carbocycles. The molecular weight excluding hydrogens is 310 g/mol. The maximum atomic E-state index is 12.1. The summed E-state index contributed by atoms with van der Waals surface area (Å²) < 4.78 is 55.9. The Kier molecular flexibility index (Phi) is 6.91. The van der Waals surface area contributed by atoms with Gasteiger partial charge in [-0.2, -0.15) is 17.4 Å². The number of ether oxygens (including phenoxy) is 1. The van der Waals surface area contributed by atoms with Crippen molar-refractivity contribution in [3.05, 3.63) is 0 Å². The molecule has 1 aliphatic heterocycles. The van der Waals surface area contributed by atoms with E-state index in [9.17, 15) is 22.0 Å². The average molecular weight is 330 g/mol. The van der Waals surface area contributed by atoms with Crippen LogP contribution in [0.4, 0.5) is 8.78 Å². The molecule has 1 heterocycles. The molecule has 0 aliphatic carbocycles. The summed E-state index contributed by atoms with van der Waals surface area (Å²) in [7, 11) is -4.01. The van der Waals surface area contributed by atoms with E-state index in [0.29, 0.717) is 12.8 Å². The second kappa shape index (κ2) is 7.97. The van der Waals surface area contributed by atoms with E-state index < -0.39 is 41.2 Å². The van der Waals surface area contributed by atoms with Gasteiger partial charge in [-0.05, 0) is 19.8 Å². The van der Waals surface area contributed by atoms with Crippen molar-refractivity contribution in [1.29, 1.82) is 0 Å². The Morgan fingerprint density at radius 3 is 2.76 bits per heavy atom. The van der Waals surface area contributed by atoms with Crippen molar-refractivity contribution in [2.45, 2.75) is 32.3 Å². The van der Waals surface area contributed by atoms with Gasteiger partial charge in [-0.1, -0.05) is 0 Å². The normalized spacial score (nSPS) is 22.2. The number of nitrogens with one attached hydrogen (secondary N) is 1. The third kappa shape index (κ3) is 5.46. The first-order valence-electron chi connectivity index (χ1n) is 6.65. The van der Waals surface area contributed by atoms with Crippen molar-refractivity contribution in [3.8, 4) is 0 Å².